The van der Waals surface area contributed by atoms with Gasteiger partial charge >= 0.3 is 0 Å². The lowest BCUT2D eigenvalue weighted by atomic mass is 10.1. The van der Waals surface area contributed by atoms with E-state index in [9.17, 15) is 14.9 Å². The Bertz CT molecular complexity index is 544. The number of ether oxygens (including phenoxy) is 1. The molecule has 1 fully saturated rings. The maximum absolute atomic E-state index is 12.1. The van der Waals surface area contributed by atoms with Crippen LogP contribution in [0.25, 0.3) is 0 Å². The fraction of sp³-hybridized carbons (Fsp3) is 0.417. The van der Waals surface area contributed by atoms with E-state index < -0.39 is 10.8 Å². The van der Waals surface area contributed by atoms with Crippen molar-refractivity contribution in [2.75, 3.05) is 18.9 Å². The monoisotopic (exact) mass is 299 g/mol. The number of anilines is 1. The van der Waals surface area contributed by atoms with Gasteiger partial charge in [-0.05, 0) is 18.9 Å². The summed E-state index contributed by atoms with van der Waals surface area (Å²) in [6, 6.07) is 2.36. The number of nitro groups is 1. The Morgan fingerprint density at radius 3 is 2.90 bits per heavy atom. The standard InChI is InChI=1S/C12H14ClN3O4/c13-9-4-7(5-10(11(9)14)16(18)19)12(17)15-8-2-1-3-20-6-8/h4-5,8H,1-3,6,14H2,(H,15,17). The molecule has 0 aromatic heterocycles. The van der Waals surface area contributed by atoms with E-state index >= 15 is 0 Å². The number of carbonyl (C=O) groups excluding carboxylic acids is 1. The molecule has 1 saturated heterocycles. The van der Waals surface area contributed by atoms with Crippen LogP contribution < -0.4 is 11.1 Å². The van der Waals surface area contributed by atoms with Gasteiger partial charge in [0.1, 0.15) is 5.69 Å². The van der Waals surface area contributed by atoms with Crippen LogP contribution in [0, 0.1) is 10.1 Å². The predicted octanol–water partition coefficient (Wildman–Crippen LogP) is 1.74. The maximum Gasteiger partial charge on any atom is 0.294 e. The second-order valence-corrected chi connectivity index (χ2v) is 4.94. The molecule has 0 aliphatic carbocycles. The average Bonchev–Trinajstić information content (AvgIpc) is 2.42. The highest BCUT2D eigenvalue weighted by atomic mass is 35.5. The normalized spacial score (nSPS) is 18.6. The van der Waals surface area contributed by atoms with Crippen molar-refractivity contribution in [3.05, 3.63) is 32.8 Å². The molecular weight excluding hydrogens is 286 g/mol. The van der Waals surface area contributed by atoms with Crippen LogP contribution in [0.1, 0.15) is 23.2 Å². The number of nitro benzene ring substituents is 1. The van der Waals surface area contributed by atoms with Crippen molar-refractivity contribution in [3.63, 3.8) is 0 Å². The van der Waals surface area contributed by atoms with Gasteiger partial charge in [0.15, 0.2) is 0 Å². The molecule has 1 unspecified atom stereocenters. The van der Waals surface area contributed by atoms with Crippen molar-refractivity contribution in [2.24, 2.45) is 0 Å². The van der Waals surface area contributed by atoms with Gasteiger partial charge in [-0.3, -0.25) is 14.9 Å². The molecule has 0 spiro atoms. The number of nitrogens with zero attached hydrogens (tertiary/aromatic N) is 1. The Balaban J connectivity index is 2.19. The van der Waals surface area contributed by atoms with E-state index in [0.29, 0.717) is 13.2 Å². The Hall–Kier alpha value is -1.86. The van der Waals surface area contributed by atoms with Crippen LogP contribution in [-0.4, -0.2) is 30.1 Å². The molecule has 20 heavy (non-hydrogen) atoms. The van der Waals surface area contributed by atoms with E-state index in [1.54, 1.807) is 0 Å². The van der Waals surface area contributed by atoms with Crippen molar-refractivity contribution in [2.45, 2.75) is 18.9 Å². The molecule has 0 bridgehead atoms. The first kappa shape index (κ1) is 14.5. The molecule has 1 aromatic rings. The Labute approximate surface area is 120 Å². The molecule has 0 saturated carbocycles. The highest BCUT2D eigenvalue weighted by molar-refractivity contribution is 6.34. The van der Waals surface area contributed by atoms with Crippen LogP contribution in [0.2, 0.25) is 5.02 Å². The number of rotatable bonds is 3. The number of carbonyl (C=O) groups is 1. The smallest absolute Gasteiger partial charge is 0.294 e. The number of nitrogens with one attached hydrogen (secondary N) is 1. The lowest BCUT2D eigenvalue weighted by Gasteiger charge is -2.23. The Morgan fingerprint density at radius 2 is 2.30 bits per heavy atom. The average molecular weight is 300 g/mol. The van der Waals surface area contributed by atoms with Crippen LogP contribution in [0.15, 0.2) is 12.1 Å². The molecule has 108 valence electrons. The maximum atomic E-state index is 12.1. The van der Waals surface area contributed by atoms with Gasteiger partial charge < -0.3 is 15.8 Å². The molecule has 1 amide bonds. The SMILES string of the molecule is Nc1c(Cl)cc(C(=O)NC2CCCOC2)cc1[N+](=O)[O-]. The summed E-state index contributed by atoms with van der Waals surface area (Å²) in [6.07, 6.45) is 1.68. The summed E-state index contributed by atoms with van der Waals surface area (Å²) in [6.45, 7) is 1.13. The number of nitrogen functional groups attached to an aromatic ring is 1. The van der Waals surface area contributed by atoms with Crippen LogP contribution in [-0.2, 0) is 4.74 Å². The van der Waals surface area contributed by atoms with Gasteiger partial charge in [0.2, 0.25) is 0 Å². The number of hydrogen-bond donors (Lipinski definition) is 2. The second kappa shape index (κ2) is 6.06. The largest absolute Gasteiger partial charge is 0.392 e. The van der Waals surface area contributed by atoms with Crippen LogP contribution >= 0.6 is 11.6 Å². The molecule has 7 nitrogen and oxygen atoms in total. The van der Waals surface area contributed by atoms with Crippen molar-refractivity contribution in [1.82, 2.24) is 5.32 Å². The molecule has 1 aliphatic rings. The highest BCUT2D eigenvalue weighted by Gasteiger charge is 2.22. The summed E-state index contributed by atoms with van der Waals surface area (Å²) >= 11 is 5.82. The third-order valence-electron chi connectivity index (χ3n) is 3.06. The summed E-state index contributed by atoms with van der Waals surface area (Å²) in [4.78, 5) is 22.3. The molecule has 1 aliphatic heterocycles. The van der Waals surface area contributed by atoms with Crippen LogP contribution in [0.5, 0.6) is 0 Å². The zero-order chi connectivity index (χ0) is 14.7. The minimum Gasteiger partial charge on any atom is -0.392 e. The van der Waals surface area contributed by atoms with E-state index in [1.807, 2.05) is 0 Å². The number of hydrogen-bond acceptors (Lipinski definition) is 5. The zero-order valence-corrected chi connectivity index (χ0v) is 11.4. The van der Waals surface area contributed by atoms with Gasteiger partial charge in [-0.15, -0.1) is 0 Å². The van der Waals surface area contributed by atoms with E-state index in [0.717, 1.165) is 18.9 Å². The Morgan fingerprint density at radius 1 is 1.55 bits per heavy atom. The zero-order valence-electron chi connectivity index (χ0n) is 10.6. The van der Waals surface area contributed by atoms with Crippen molar-refractivity contribution in [1.29, 1.82) is 0 Å². The summed E-state index contributed by atoms with van der Waals surface area (Å²) in [7, 11) is 0. The first-order chi connectivity index (χ1) is 9.49. The summed E-state index contributed by atoms with van der Waals surface area (Å²) in [5.74, 6) is -0.425. The Kier molecular flexibility index (Phi) is 4.41. The van der Waals surface area contributed by atoms with Gasteiger partial charge in [0.25, 0.3) is 11.6 Å². The molecule has 8 heteroatoms. The summed E-state index contributed by atoms with van der Waals surface area (Å²) < 4.78 is 5.25. The van der Waals surface area contributed by atoms with Gasteiger partial charge in [-0.2, -0.15) is 0 Å². The molecule has 1 atom stereocenters. The number of halogens is 1. The van der Waals surface area contributed by atoms with Gasteiger partial charge in [0, 0.05) is 18.2 Å². The van der Waals surface area contributed by atoms with Crippen LogP contribution in [0.3, 0.4) is 0 Å². The fourth-order valence-corrected chi connectivity index (χ4v) is 2.22. The van der Waals surface area contributed by atoms with Crippen LogP contribution in [0.4, 0.5) is 11.4 Å². The van der Waals surface area contributed by atoms with E-state index in [1.165, 1.54) is 6.07 Å². The van der Waals surface area contributed by atoms with Gasteiger partial charge in [-0.25, -0.2) is 0 Å². The second-order valence-electron chi connectivity index (χ2n) is 4.54. The highest BCUT2D eigenvalue weighted by Crippen LogP contribution is 2.30. The third-order valence-corrected chi connectivity index (χ3v) is 3.37. The van der Waals surface area contributed by atoms with Gasteiger partial charge in [-0.1, -0.05) is 11.6 Å². The van der Waals surface area contributed by atoms with Crippen molar-refractivity contribution >= 4 is 28.9 Å². The molecule has 0 radical (unpaired) electrons. The number of nitrogens with two attached hydrogens (primary N) is 1. The van der Waals surface area contributed by atoms with E-state index in [2.05, 4.69) is 5.32 Å². The quantitative estimate of drug-likeness (QED) is 0.502. The molecule has 2 rings (SSSR count). The van der Waals surface area contributed by atoms with Crippen molar-refractivity contribution < 1.29 is 14.5 Å². The molecule has 1 aromatic carbocycles. The minimum atomic E-state index is -0.665. The van der Waals surface area contributed by atoms with Gasteiger partial charge in [0.05, 0.1) is 22.6 Å². The lowest BCUT2D eigenvalue weighted by molar-refractivity contribution is -0.383. The summed E-state index contributed by atoms with van der Waals surface area (Å²) in [5, 5.41) is 13.6. The molecule has 3 N–H and O–H groups in total. The number of amides is 1. The molecule has 1 heterocycles. The minimum absolute atomic E-state index is 0.00996. The topological polar surface area (TPSA) is 107 Å². The molecular formula is C12H14ClN3O4. The predicted molar refractivity (Wildman–Crippen MR) is 73.8 cm³/mol. The van der Waals surface area contributed by atoms with E-state index in [4.69, 9.17) is 22.1 Å². The van der Waals surface area contributed by atoms with Crippen molar-refractivity contribution in [3.8, 4) is 0 Å². The first-order valence-corrected chi connectivity index (χ1v) is 6.49. The number of benzene rings is 1. The fourth-order valence-electron chi connectivity index (χ4n) is 2.01. The first-order valence-electron chi connectivity index (χ1n) is 6.11. The van der Waals surface area contributed by atoms with E-state index in [-0.39, 0.29) is 28.0 Å². The third kappa shape index (κ3) is 3.17. The lowest BCUT2D eigenvalue weighted by Crippen LogP contribution is -2.40. The summed E-state index contributed by atoms with van der Waals surface area (Å²) in [5.41, 5.74) is 5.11.